The predicted molar refractivity (Wildman–Crippen MR) is 150 cm³/mol. The van der Waals surface area contributed by atoms with Gasteiger partial charge in [0.2, 0.25) is 0 Å². The van der Waals surface area contributed by atoms with Gasteiger partial charge >= 0.3 is 0 Å². The molecule has 0 aliphatic heterocycles. The lowest BCUT2D eigenvalue weighted by Crippen LogP contribution is -2.23. The second-order valence-electron chi connectivity index (χ2n) is 10.1. The third kappa shape index (κ3) is 5.04. The topological polar surface area (TPSA) is 74.0 Å². The highest BCUT2D eigenvalue weighted by atomic mass is 19.1. The average Bonchev–Trinajstić information content (AvgIpc) is 3.30. The van der Waals surface area contributed by atoms with E-state index in [1.54, 1.807) is 0 Å². The number of rotatable bonds is 8. The molecule has 0 fully saturated rings. The van der Waals surface area contributed by atoms with Crippen LogP contribution in [-0.2, 0) is 12.8 Å². The van der Waals surface area contributed by atoms with Gasteiger partial charge in [0.1, 0.15) is 23.0 Å². The minimum absolute atomic E-state index is 0.0304. The first-order chi connectivity index (χ1) is 18.4. The quantitative estimate of drug-likeness (QED) is 0.261. The van der Waals surface area contributed by atoms with Crippen molar-refractivity contribution in [3.63, 3.8) is 0 Å². The zero-order chi connectivity index (χ0) is 26.8. The monoisotopic (exact) mass is 509 g/mol. The van der Waals surface area contributed by atoms with Crippen LogP contribution < -0.4 is 11.2 Å². The van der Waals surface area contributed by atoms with Crippen molar-refractivity contribution in [1.29, 1.82) is 0 Å². The number of hydrogen-bond acceptors (Lipinski definition) is 4. The molecule has 2 heterocycles. The number of nitrogens with zero attached hydrogens (tertiary/aromatic N) is 2. The van der Waals surface area contributed by atoms with Crippen LogP contribution in [0.1, 0.15) is 48.0 Å². The number of hydrogen-bond donors (Lipinski definition) is 1. The maximum Gasteiger partial charge on any atom is 0.196 e. The summed E-state index contributed by atoms with van der Waals surface area (Å²) in [6.45, 7) is 6.70. The Hall–Kier alpha value is -4.03. The fourth-order valence-corrected chi connectivity index (χ4v) is 5.02. The third-order valence-corrected chi connectivity index (χ3v) is 6.90. The lowest BCUT2D eigenvalue weighted by atomic mass is 9.93. The Morgan fingerprint density at radius 1 is 1.03 bits per heavy atom. The standard InChI is InChI=1S/C32H32FN3O2/c1-20(2)29(36-19-25(15-16-34)35-32(36)23-11-9-21(3)10-12-23)31-27(17-22-7-5-4-6-8-22)30(37)26-14-13-24(33)18-28(26)38-31/h4-14,18-20,29H,15-17,34H2,1-3H3. The fraction of sp³-hybridized carbons (Fsp3) is 0.250. The zero-order valence-electron chi connectivity index (χ0n) is 21.9. The maximum absolute atomic E-state index is 14.2. The van der Waals surface area contributed by atoms with Crippen molar-refractivity contribution in [3.05, 3.63) is 123 Å². The van der Waals surface area contributed by atoms with Crippen LogP contribution in [-0.4, -0.2) is 16.1 Å². The van der Waals surface area contributed by atoms with Crippen LogP contribution in [0, 0.1) is 18.7 Å². The van der Waals surface area contributed by atoms with Crippen LogP contribution in [0.15, 0.2) is 88.2 Å². The van der Waals surface area contributed by atoms with Crippen molar-refractivity contribution in [1.82, 2.24) is 9.55 Å². The van der Waals surface area contributed by atoms with E-state index in [9.17, 15) is 9.18 Å². The number of aromatic nitrogens is 2. The summed E-state index contributed by atoms with van der Waals surface area (Å²) >= 11 is 0. The Labute approximate surface area is 221 Å². The van der Waals surface area contributed by atoms with Gasteiger partial charge in [-0.05, 0) is 37.1 Å². The molecule has 194 valence electrons. The number of imidazole rings is 1. The molecule has 5 rings (SSSR count). The lowest BCUT2D eigenvalue weighted by Gasteiger charge is -2.26. The lowest BCUT2D eigenvalue weighted by molar-refractivity contribution is 0.359. The van der Waals surface area contributed by atoms with Crippen molar-refractivity contribution < 1.29 is 8.81 Å². The summed E-state index contributed by atoms with van der Waals surface area (Å²) < 4.78 is 22.8. The Morgan fingerprint density at radius 3 is 2.45 bits per heavy atom. The molecule has 1 atom stereocenters. The van der Waals surface area contributed by atoms with Gasteiger partial charge in [-0.1, -0.05) is 74.0 Å². The first-order valence-electron chi connectivity index (χ1n) is 13.0. The molecule has 5 nitrogen and oxygen atoms in total. The molecule has 1 unspecified atom stereocenters. The van der Waals surface area contributed by atoms with Crippen LogP contribution in [0.25, 0.3) is 22.4 Å². The van der Waals surface area contributed by atoms with Gasteiger partial charge in [-0.25, -0.2) is 9.37 Å². The number of aryl methyl sites for hydroxylation is 1. The van der Waals surface area contributed by atoms with Gasteiger partial charge < -0.3 is 14.7 Å². The van der Waals surface area contributed by atoms with Gasteiger partial charge in [-0.2, -0.15) is 0 Å². The van der Waals surface area contributed by atoms with Gasteiger partial charge in [-0.3, -0.25) is 4.79 Å². The number of halogens is 1. The highest BCUT2D eigenvalue weighted by Gasteiger charge is 2.29. The third-order valence-electron chi connectivity index (χ3n) is 6.90. The van der Waals surface area contributed by atoms with E-state index in [0.717, 1.165) is 28.2 Å². The van der Waals surface area contributed by atoms with E-state index in [-0.39, 0.29) is 23.0 Å². The molecule has 2 aromatic heterocycles. The van der Waals surface area contributed by atoms with Crippen molar-refractivity contribution in [3.8, 4) is 11.4 Å². The van der Waals surface area contributed by atoms with Crippen LogP contribution >= 0.6 is 0 Å². The van der Waals surface area contributed by atoms with Crippen molar-refractivity contribution >= 4 is 11.0 Å². The SMILES string of the molecule is Cc1ccc(-c2nc(CCN)cn2C(c2oc3cc(F)ccc3c(=O)c2Cc2ccccc2)C(C)C)cc1. The molecule has 5 aromatic rings. The summed E-state index contributed by atoms with van der Waals surface area (Å²) in [7, 11) is 0. The number of nitrogens with two attached hydrogens (primary N) is 1. The fourth-order valence-electron chi connectivity index (χ4n) is 5.02. The molecular weight excluding hydrogens is 477 g/mol. The minimum atomic E-state index is -0.447. The Morgan fingerprint density at radius 2 is 1.76 bits per heavy atom. The molecule has 2 N–H and O–H groups in total. The van der Waals surface area contributed by atoms with Crippen molar-refractivity contribution in [2.45, 2.75) is 39.7 Å². The molecule has 6 heteroatoms. The zero-order valence-corrected chi connectivity index (χ0v) is 21.9. The Kier molecular flexibility index (Phi) is 7.25. The summed E-state index contributed by atoms with van der Waals surface area (Å²) in [5.41, 5.74) is 10.5. The van der Waals surface area contributed by atoms with Gasteiger partial charge in [0.05, 0.1) is 17.1 Å². The Balaban J connectivity index is 1.78. The van der Waals surface area contributed by atoms with E-state index in [4.69, 9.17) is 15.1 Å². The molecule has 0 saturated heterocycles. The molecule has 0 radical (unpaired) electrons. The van der Waals surface area contributed by atoms with E-state index in [1.807, 2.05) is 43.5 Å². The van der Waals surface area contributed by atoms with Crippen LogP contribution in [0.4, 0.5) is 4.39 Å². The normalized spacial score (nSPS) is 12.4. The summed E-state index contributed by atoms with van der Waals surface area (Å²) in [5.74, 6) is 0.885. The molecule has 0 spiro atoms. The summed E-state index contributed by atoms with van der Waals surface area (Å²) in [4.78, 5) is 18.8. The number of fused-ring (bicyclic) bond motifs is 1. The van der Waals surface area contributed by atoms with Crippen molar-refractivity contribution in [2.75, 3.05) is 6.54 Å². The molecule has 0 amide bonds. The highest BCUT2D eigenvalue weighted by Crippen LogP contribution is 2.35. The molecule has 0 aliphatic carbocycles. The summed E-state index contributed by atoms with van der Waals surface area (Å²) in [6.07, 6.45) is 3.04. The minimum Gasteiger partial charge on any atom is -0.458 e. The first-order valence-corrected chi connectivity index (χ1v) is 13.0. The first kappa shape index (κ1) is 25.6. The number of benzene rings is 3. The summed E-state index contributed by atoms with van der Waals surface area (Å²) in [6, 6.07) is 21.8. The van der Waals surface area contributed by atoms with Gasteiger partial charge in [0.15, 0.2) is 5.43 Å². The largest absolute Gasteiger partial charge is 0.458 e. The molecule has 38 heavy (non-hydrogen) atoms. The smallest absolute Gasteiger partial charge is 0.196 e. The van der Waals surface area contributed by atoms with Gasteiger partial charge in [0, 0.05) is 36.2 Å². The second kappa shape index (κ2) is 10.8. The maximum atomic E-state index is 14.2. The Bertz CT molecular complexity index is 1620. The highest BCUT2D eigenvalue weighted by molar-refractivity contribution is 5.77. The van der Waals surface area contributed by atoms with E-state index in [2.05, 4.69) is 42.7 Å². The van der Waals surface area contributed by atoms with Crippen LogP contribution in [0.5, 0.6) is 0 Å². The summed E-state index contributed by atoms with van der Waals surface area (Å²) in [5, 5.41) is 0.372. The van der Waals surface area contributed by atoms with Crippen molar-refractivity contribution in [2.24, 2.45) is 11.7 Å². The molecule has 3 aromatic carbocycles. The van der Waals surface area contributed by atoms with E-state index in [1.165, 1.54) is 18.2 Å². The molecule has 0 aliphatic rings. The molecule has 0 saturated carbocycles. The molecular formula is C32H32FN3O2. The average molecular weight is 510 g/mol. The van der Waals surface area contributed by atoms with E-state index >= 15 is 0 Å². The van der Waals surface area contributed by atoms with E-state index < -0.39 is 5.82 Å². The second-order valence-corrected chi connectivity index (χ2v) is 10.1. The van der Waals surface area contributed by atoms with Crippen LogP contribution in [0.2, 0.25) is 0 Å². The van der Waals surface area contributed by atoms with Crippen LogP contribution in [0.3, 0.4) is 0 Å². The van der Waals surface area contributed by atoms with Gasteiger partial charge in [-0.15, -0.1) is 0 Å². The molecule has 0 bridgehead atoms. The van der Waals surface area contributed by atoms with Gasteiger partial charge in [0.25, 0.3) is 0 Å². The van der Waals surface area contributed by atoms with E-state index in [0.29, 0.717) is 36.1 Å². The predicted octanol–water partition coefficient (Wildman–Crippen LogP) is 6.44.